The second-order valence-corrected chi connectivity index (χ2v) is 7.37. The number of rotatable bonds is 3. The Hall–Kier alpha value is -2.08. The molecule has 0 aromatic heterocycles. The lowest BCUT2D eigenvalue weighted by Crippen LogP contribution is -2.46. The van der Waals surface area contributed by atoms with E-state index in [1.165, 1.54) is 0 Å². The van der Waals surface area contributed by atoms with E-state index >= 15 is 0 Å². The van der Waals surface area contributed by atoms with E-state index in [4.69, 9.17) is 4.74 Å². The first-order valence-electron chi connectivity index (χ1n) is 8.99. The SMILES string of the molecule is CC(C)NC(=O)[C@@H]1CN(C(=O)Nc2ccccc2)CC12CCOCC2. The van der Waals surface area contributed by atoms with Gasteiger partial charge in [0.2, 0.25) is 5.91 Å². The molecule has 0 saturated carbocycles. The lowest BCUT2D eigenvalue weighted by molar-refractivity contribution is -0.130. The molecule has 3 rings (SSSR count). The number of benzene rings is 1. The van der Waals surface area contributed by atoms with Crippen molar-refractivity contribution in [3.05, 3.63) is 30.3 Å². The highest BCUT2D eigenvalue weighted by Gasteiger charge is 2.51. The van der Waals surface area contributed by atoms with Crippen molar-refractivity contribution in [2.24, 2.45) is 11.3 Å². The average molecular weight is 345 g/mol. The number of nitrogens with one attached hydrogen (secondary N) is 2. The van der Waals surface area contributed by atoms with Gasteiger partial charge < -0.3 is 20.3 Å². The van der Waals surface area contributed by atoms with Gasteiger partial charge in [-0.15, -0.1) is 0 Å². The van der Waals surface area contributed by atoms with Gasteiger partial charge in [0, 0.05) is 43.4 Å². The van der Waals surface area contributed by atoms with Crippen molar-refractivity contribution in [2.45, 2.75) is 32.7 Å². The van der Waals surface area contributed by atoms with Crippen LogP contribution in [0.15, 0.2) is 30.3 Å². The molecule has 0 radical (unpaired) electrons. The van der Waals surface area contributed by atoms with E-state index in [-0.39, 0.29) is 29.3 Å². The molecular formula is C19H27N3O3. The summed E-state index contributed by atoms with van der Waals surface area (Å²) in [5.41, 5.74) is 0.592. The van der Waals surface area contributed by atoms with Crippen LogP contribution >= 0.6 is 0 Å². The monoisotopic (exact) mass is 345 g/mol. The van der Waals surface area contributed by atoms with Crippen LogP contribution in [0.5, 0.6) is 0 Å². The van der Waals surface area contributed by atoms with Crippen molar-refractivity contribution < 1.29 is 14.3 Å². The Labute approximate surface area is 148 Å². The van der Waals surface area contributed by atoms with Gasteiger partial charge in [0.15, 0.2) is 0 Å². The van der Waals surface area contributed by atoms with Crippen molar-refractivity contribution in [3.8, 4) is 0 Å². The fourth-order valence-electron chi connectivity index (χ4n) is 3.88. The Morgan fingerprint density at radius 2 is 1.88 bits per heavy atom. The van der Waals surface area contributed by atoms with Gasteiger partial charge >= 0.3 is 6.03 Å². The van der Waals surface area contributed by atoms with Gasteiger partial charge in [0.05, 0.1) is 5.92 Å². The maximum absolute atomic E-state index is 12.7. The van der Waals surface area contributed by atoms with E-state index < -0.39 is 0 Å². The molecule has 1 atom stereocenters. The number of para-hydroxylation sites is 1. The molecule has 2 saturated heterocycles. The topological polar surface area (TPSA) is 70.7 Å². The lowest BCUT2D eigenvalue weighted by atomic mass is 9.71. The van der Waals surface area contributed by atoms with Crippen LogP contribution in [0.25, 0.3) is 0 Å². The molecule has 25 heavy (non-hydrogen) atoms. The molecule has 0 unspecified atom stereocenters. The number of hydrogen-bond acceptors (Lipinski definition) is 3. The number of anilines is 1. The highest BCUT2D eigenvalue weighted by Crippen LogP contribution is 2.44. The number of nitrogens with zero attached hydrogens (tertiary/aromatic N) is 1. The Morgan fingerprint density at radius 3 is 2.52 bits per heavy atom. The van der Waals surface area contributed by atoms with E-state index in [1.54, 1.807) is 4.90 Å². The van der Waals surface area contributed by atoms with Gasteiger partial charge in [0.1, 0.15) is 0 Å². The summed E-state index contributed by atoms with van der Waals surface area (Å²) in [6.45, 7) is 6.29. The van der Waals surface area contributed by atoms with Crippen LogP contribution in [0.3, 0.4) is 0 Å². The van der Waals surface area contributed by atoms with Crippen molar-refractivity contribution in [2.75, 3.05) is 31.6 Å². The van der Waals surface area contributed by atoms with Crippen molar-refractivity contribution in [1.82, 2.24) is 10.2 Å². The summed E-state index contributed by atoms with van der Waals surface area (Å²) in [4.78, 5) is 27.2. The van der Waals surface area contributed by atoms with Gasteiger partial charge in [-0.1, -0.05) is 18.2 Å². The molecule has 2 heterocycles. The number of amides is 3. The minimum atomic E-state index is -0.180. The van der Waals surface area contributed by atoms with Crippen LogP contribution in [-0.4, -0.2) is 49.2 Å². The van der Waals surface area contributed by atoms with Gasteiger partial charge in [-0.2, -0.15) is 0 Å². The average Bonchev–Trinajstić information content (AvgIpc) is 2.95. The molecule has 0 bridgehead atoms. The minimum absolute atomic E-state index is 0.0481. The molecule has 2 N–H and O–H groups in total. The van der Waals surface area contributed by atoms with E-state index in [0.717, 1.165) is 18.5 Å². The van der Waals surface area contributed by atoms with E-state index in [9.17, 15) is 9.59 Å². The Kier molecular flexibility index (Phi) is 5.27. The van der Waals surface area contributed by atoms with Crippen LogP contribution in [0.2, 0.25) is 0 Å². The largest absolute Gasteiger partial charge is 0.381 e. The molecule has 0 aliphatic carbocycles. The van der Waals surface area contributed by atoms with Gasteiger partial charge in [-0.05, 0) is 38.8 Å². The van der Waals surface area contributed by atoms with Crippen molar-refractivity contribution >= 4 is 17.6 Å². The zero-order valence-electron chi connectivity index (χ0n) is 15.0. The van der Waals surface area contributed by atoms with Crippen LogP contribution in [0, 0.1) is 11.3 Å². The maximum Gasteiger partial charge on any atom is 0.321 e. The molecule has 3 amide bonds. The zero-order valence-corrected chi connectivity index (χ0v) is 15.0. The number of ether oxygens (including phenoxy) is 1. The third kappa shape index (κ3) is 3.95. The molecule has 1 aromatic carbocycles. The van der Waals surface area contributed by atoms with Crippen LogP contribution in [0.4, 0.5) is 10.5 Å². The van der Waals surface area contributed by atoms with Gasteiger partial charge in [-0.3, -0.25) is 4.79 Å². The summed E-state index contributed by atoms with van der Waals surface area (Å²) in [7, 11) is 0. The maximum atomic E-state index is 12.7. The second-order valence-electron chi connectivity index (χ2n) is 7.37. The molecule has 1 aromatic rings. The number of likely N-dealkylation sites (tertiary alicyclic amines) is 1. The standard InChI is InChI=1S/C19H27N3O3/c1-14(2)20-17(23)16-12-22(13-19(16)8-10-25-11-9-19)18(24)21-15-6-4-3-5-7-15/h3-7,14,16H,8-13H2,1-2H3,(H,20,23)(H,21,24)/t16-/m0/s1. The predicted octanol–water partition coefficient (Wildman–Crippen LogP) is 2.47. The first kappa shape index (κ1) is 17.7. The van der Waals surface area contributed by atoms with Crippen LogP contribution in [0.1, 0.15) is 26.7 Å². The zero-order chi connectivity index (χ0) is 17.9. The fourth-order valence-corrected chi connectivity index (χ4v) is 3.88. The summed E-state index contributed by atoms with van der Waals surface area (Å²) >= 11 is 0. The molecule has 1 spiro atoms. The van der Waals surface area contributed by atoms with Crippen molar-refractivity contribution in [3.63, 3.8) is 0 Å². The smallest absolute Gasteiger partial charge is 0.321 e. The molecule has 136 valence electrons. The van der Waals surface area contributed by atoms with Crippen LogP contribution in [-0.2, 0) is 9.53 Å². The highest BCUT2D eigenvalue weighted by molar-refractivity contribution is 5.90. The summed E-state index contributed by atoms with van der Waals surface area (Å²) in [5, 5.41) is 5.96. The molecule has 6 nitrogen and oxygen atoms in total. The first-order chi connectivity index (χ1) is 12.0. The molecule has 2 aliphatic heterocycles. The highest BCUT2D eigenvalue weighted by atomic mass is 16.5. The van der Waals surface area contributed by atoms with Crippen molar-refractivity contribution in [1.29, 1.82) is 0 Å². The third-order valence-electron chi connectivity index (χ3n) is 5.20. The second kappa shape index (κ2) is 7.44. The third-order valence-corrected chi connectivity index (χ3v) is 5.20. The van der Waals surface area contributed by atoms with Gasteiger partial charge in [-0.25, -0.2) is 4.79 Å². The number of urea groups is 1. The normalized spacial score (nSPS) is 22.2. The van der Waals surface area contributed by atoms with Gasteiger partial charge in [0.25, 0.3) is 0 Å². The quantitative estimate of drug-likeness (QED) is 0.884. The van der Waals surface area contributed by atoms with Crippen LogP contribution < -0.4 is 10.6 Å². The Balaban J connectivity index is 1.74. The fraction of sp³-hybridized carbons (Fsp3) is 0.579. The predicted molar refractivity (Wildman–Crippen MR) is 96.3 cm³/mol. The molecule has 2 fully saturated rings. The summed E-state index contributed by atoms with van der Waals surface area (Å²) < 4.78 is 5.51. The molecule has 6 heteroatoms. The molecule has 2 aliphatic rings. The van der Waals surface area contributed by atoms with E-state index in [1.807, 2.05) is 44.2 Å². The Bertz CT molecular complexity index is 612. The number of carbonyl (C=O) groups excluding carboxylic acids is 2. The molecular weight excluding hydrogens is 318 g/mol. The number of carbonyl (C=O) groups is 2. The summed E-state index contributed by atoms with van der Waals surface area (Å²) in [6, 6.07) is 9.36. The minimum Gasteiger partial charge on any atom is -0.381 e. The number of hydrogen-bond donors (Lipinski definition) is 2. The first-order valence-corrected chi connectivity index (χ1v) is 8.99. The summed E-state index contributed by atoms with van der Waals surface area (Å²) in [6.07, 6.45) is 1.64. The van der Waals surface area contributed by atoms with E-state index in [2.05, 4.69) is 10.6 Å². The lowest BCUT2D eigenvalue weighted by Gasteiger charge is -2.37. The Morgan fingerprint density at radius 1 is 1.20 bits per heavy atom. The van der Waals surface area contributed by atoms with E-state index in [0.29, 0.717) is 26.3 Å². The summed E-state index contributed by atoms with van der Waals surface area (Å²) in [5.74, 6) is -0.132.